The summed E-state index contributed by atoms with van der Waals surface area (Å²) < 4.78 is 5.14. The lowest BCUT2D eigenvalue weighted by Gasteiger charge is -2.17. The zero-order valence-corrected chi connectivity index (χ0v) is 14.2. The van der Waals surface area contributed by atoms with E-state index in [0.29, 0.717) is 0 Å². The van der Waals surface area contributed by atoms with Crippen LogP contribution in [0.3, 0.4) is 0 Å². The summed E-state index contributed by atoms with van der Waals surface area (Å²) in [5.74, 6) is 6.06. The van der Waals surface area contributed by atoms with E-state index >= 15 is 0 Å². The SMILES string of the molecule is O=C(NCC#Cc1cccc(N2CCCC2)c1)OCc1ccccc1. The first kappa shape index (κ1) is 16.9. The normalized spacial score (nSPS) is 13.0. The molecular weight excluding hydrogens is 312 g/mol. The minimum absolute atomic E-state index is 0.262. The molecule has 1 heterocycles. The van der Waals surface area contributed by atoms with Crippen molar-refractivity contribution in [1.82, 2.24) is 5.32 Å². The van der Waals surface area contributed by atoms with Crippen LogP contribution in [0.15, 0.2) is 54.6 Å². The van der Waals surface area contributed by atoms with Gasteiger partial charge < -0.3 is 15.0 Å². The molecule has 1 fully saturated rings. The number of carbonyl (C=O) groups is 1. The molecule has 25 heavy (non-hydrogen) atoms. The highest BCUT2D eigenvalue weighted by Crippen LogP contribution is 2.20. The first-order chi connectivity index (χ1) is 12.3. The molecule has 0 spiro atoms. The number of hydrogen-bond acceptors (Lipinski definition) is 3. The van der Waals surface area contributed by atoms with Crippen molar-refractivity contribution < 1.29 is 9.53 Å². The smallest absolute Gasteiger partial charge is 0.408 e. The van der Waals surface area contributed by atoms with Gasteiger partial charge in [-0.2, -0.15) is 0 Å². The van der Waals surface area contributed by atoms with Gasteiger partial charge in [0.15, 0.2) is 0 Å². The maximum atomic E-state index is 11.6. The first-order valence-corrected chi connectivity index (χ1v) is 8.60. The molecule has 1 N–H and O–H groups in total. The van der Waals surface area contributed by atoms with Crippen LogP contribution in [0.1, 0.15) is 24.0 Å². The van der Waals surface area contributed by atoms with Crippen molar-refractivity contribution in [2.75, 3.05) is 24.5 Å². The summed E-state index contributed by atoms with van der Waals surface area (Å²) >= 11 is 0. The Morgan fingerprint density at radius 3 is 2.68 bits per heavy atom. The van der Waals surface area contributed by atoms with E-state index in [1.165, 1.54) is 18.5 Å². The van der Waals surface area contributed by atoms with Crippen LogP contribution in [-0.2, 0) is 11.3 Å². The van der Waals surface area contributed by atoms with Crippen molar-refractivity contribution in [3.05, 3.63) is 65.7 Å². The van der Waals surface area contributed by atoms with E-state index in [-0.39, 0.29) is 13.2 Å². The highest BCUT2D eigenvalue weighted by Gasteiger charge is 2.11. The predicted octanol–water partition coefficient (Wildman–Crippen LogP) is 3.56. The summed E-state index contributed by atoms with van der Waals surface area (Å²) in [6.07, 6.45) is 2.06. The molecule has 1 aliphatic rings. The summed E-state index contributed by atoms with van der Waals surface area (Å²) in [5.41, 5.74) is 3.14. The number of anilines is 1. The summed E-state index contributed by atoms with van der Waals surface area (Å²) in [5, 5.41) is 2.65. The standard InChI is InChI=1S/C21H22N2O2/c24-21(25-17-19-8-2-1-3-9-19)22-13-7-11-18-10-6-12-20(16-18)23-14-4-5-15-23/h1-3,6,8-10,12,16H,4-5,13-15,17H2,(H,22,24). The monoisotopic (exact) mass is 334 g/mol. The first-order valence-electron chi connectivity index (χ1n) is 8.60. The summed E-state index contributed by atoms with van der Waals surface area (Å²) in [6.45, 7) is 2.76. The lowest BCUT2D eigenvalue weighted by Crippen LogP contribution is -2.24. The molecule has 0 atom stereocenters. The van der Waals surface area contributed by atoms with Gasteiger partial charge in [-0.3, -0.25) is 0 Å². The van der Waals surface area contributed by atoms with Crippen molar-refractivity contribution in [2.45, 2.75) is 19.4 Å². The summed E-state index contributed by atoms with van der Waals surface area (Å²) in [7, 11) is 0. The molecule has 0 aliphatic carbocycles. The molecule has 0 saturated carbocycles. The molecule has 0 aromatic heterocycles. The zero-order valence-electron chi connectivity index (χ0n) is 14.2. The Morgan fingerprint density at radius 2 is 1.88 bits per heavy atom. The number of benzene rings is 2. The second-order valence-corrected chi connectivity index (χ2v) is 5.96. The van der Waals surface area contributed by atoms with Gasteiger partial charge in [-0.25, -0.2) is 4.79 Å². The van der Waals surface area contributed by atoms with Gasteiger partial charge in [0, 0.05) is 24.3 Å². The van der Waals surface area contributed by atoms with Gasteiger partial charge in [-0.05, 0) is 36.6 Å². The fraction of sp³-hybridized carbons (Fsp3) is 0.286. The number of nitrogens with one attached hydrogen (secondary N) is 1. The molecule has 0 radical (unpaired) electrons. The van der Waals surface area contributed by atoms with Gasteiger partial charge in [0.05, 0.1) is 6.54 Å². The number of rotatable bonds is 4. The van der Waals surface area contributed by atoms with E-state index in [4.69, 9.17) is 4.74 Å². The van der Waals surface area contributed by atoms with E-state index in [2.05, 4.69) is 34.2 Å². The van der Waals surface area contributed by atoms with Gasteiger partial charge in [0.2, 0.25) is 0 Å². The molecule has 3 rings (SSSR count). The molecule has 128 valence electrons. The minimum Gasteiger partial charge on any atom is -0.445 e. The van der Waals surface area contributed by atoms with Crippen molar-refractivity contribution in [2.24, 2.45) is 0 Å². The van der Waals surface area contributed by atoms with Crippen molar-refractivity contribution in [3.8, 4) is 11.8 Å². The van der Waals surface area contributed by atoms with E-state index in [1.54, 1.807) is 0 Å². The van der Waals surface area contributed by atoms with Gasteiger partial charge in [-0.15, -0.1) is 0 Å². The van der Waals surface area contributed by atoms with Crippen LogP contribution >= 0.6 is 0 Å². The van der Waals surface area contributed by atoms with Gasteiger partial charge in [0.1, 0.15) is 6.61 Å². The largest absolute Gasteiger partial charge is 0.445 e. The van der Waals surface area contributed by atoms with E-state index in [0.717, 1.165) is 24.2 Å². The molecule has 1 saturated heterocycles. The molecule has 4 heteroatoms. The van der Waals surface area contributed by atoms with Crippen molar-refractivity contribution >= 4 is 11.8 Å². The highest BCUT2D eigenvalue weighted by molar-refractivity contribution is 5.67. The van der Waals surface area contributed by atoms with Crippen LogP contribution in [-0.4, -0.2) is 25.7 Å². The Bertz CT molecular complexity index is 756. The third-order valence-electron chi connectivity index (χ3n) is 4.08. The number of alkyl carbamates (subject to hydrolysis) is 1. The second-order valence-electron chi connectivity index (χ2n) is 5.96. The molecule has 1 aliphatic heterocycles. The van der Waals surface area contributed by atoms with Crippen molar-refractivity contribution in [3.63, 3.8) is 0 Å². The average molecular weight is 334 g/mol. The maximum Gasteiger partial charge on any atom is 0.408 e. The maximum absolute atomic E-state index is 11.6. The fourth-order valence-electron chi connectivity index (χ4n) is 2.79. The number of carbonyl (C=O) groups excluding carboxylic acids is 1. The van der Waals surface area contributed by atoms with Crippen LogP contribution in [0, 0.1) is 11.8 Å². The molecule has 4 nitrogen and oxygen atoms in total. The Morgan fingerprint density at radius 1 is 1.08 bits per heavy atom. The number of ether oxygens (including phenoxy) is 1. The number of hydrogen-bond donors (Lipinski definition) is 1. The molecule has 0 bridgehead atoms. The molecule has 1 amide bonds. The Labute approximate surface area is 148 Å². The van der Waals surface area contributed by atoms with Crippen molar-refractivity contribution in [1.29, 1.82) is 0 Å². The summed E-state index contributed by atoms with van der Waals surface area (Å²) in [4.78, 5) is 14.0. The predicted molar refractivity (Wildman–Crippen MR) is 99.4 cm³/mol. The third-order valence-corrected chi connectivity index (χ3v) is 4.08. The fourth-order valence-corrected chi connectivity index (χ4v) is 2.79. The second kappa shape index (κ2) is 8.79. The topological polar surface area (TPSA) is 41.6 Å². The Hall–Kier alpha value is -2.93. The number of amides is 1. The Balaban J connectivity index is 1.44. The third kappa shape index (κ3) is 5.29. The highest BCUT2D eigenvalue weighted by atomic mass is 16.5. The summed E-state index contributed by atoms with van der Waals surface area (Å²) in [6, 6.07) is 17.8. The van der Waals surface area contributed by atoms with Crippen LogP contribution < -0.4 is 10.2 Å². The lowest BCUT2D eigenvalue weighted by molar-refractivity contribution is 0.141. The van der Waals surface area contributed by atoms with Gasteiger partial charge in [0.25, 0.3) is 0 Å². The van der Waals surface area contributed by atoms with Crippen LogP contribution in [0.25, 0.3) is 0 Å². The van der Waals surface area contributed by atoms with Crippen LogP contribution in [0.4, 0.5) is 10.5 Å². The molecule has 0 unspecified atom stereocenters. The van der Waals surface area contributed by atoms with Crippen LogP contribution in [0.2, 0.25) is 0 Å². The quantitative estimate of drug-likeness (QED) is 0.869. The zero-order chi connectivity index (χ0) is 17.3. The molecule has 2 aromatic carbocycles. The molecular formula is C21H22N2O2. The van der Waals surface area contributed by atoms with Gasteiger partial charge >= 0.3 is 6.09 Å². The minimum atomic E-state index is -0.455. The van der Waals surface area contributed by atoms with E-state index < -0.39 is 6.09 Å². The van der Waals surface area contributed by atoms with Gasteiger partial charge in [-0.1, -0.05) is 48.2 Å². The molecule has 2 aromatic rings. The Kier molecular flexibility index (Phi) is 5.95. The average Bonchev–Trinajstić information content (AvgIpc) is 3.19. The van der Waals surface area contributed by atoms with E-state index in [1.807, 2.05) is 42.5 Å². The lowest BCUT2D eigenvalue weighted by atomic mass is 10.2. The van der Waals surface area contributed by atoms with E-state index in [9.17, 15) is 4.79 Å². The van der Waals surface area contributed by atoms with Crippen LogP contribution in [0.5, 0.6) is 0 Å². The number of nitrogens with zero attached hydrogens (tertiary/aromatic N) is 1.